The first-order valence-corrected chi connectivity index (χ1v) is 11.1. The number of hydrogen-bond acceptors (Lipinski definition) is 10. The third-order valence-corrected chi connectivity index (χ3v) is 5.88. The van der Waals surface area contributed by atoms with Gasteiger partial charge in [0.05, 0.1) is 28.1 Å². The zero-order chi connectivity index (χ0) is 25.1. The lowest BCUT2D eigenvalue weighted by molar-refractivity contribution is -0.394. The van der Waals surface area contributed by atoms with Crippen molar-refractivity contribution in [2.24, 2.45) is 0 Å². The van der Waals surface area contributed by atoms with Crippen LogP contribution in [0.2, 0.25) is 0 Å². The van der Waals surface area contributed by atoms with Crippen LogP contribution >= 0.6 is 11.3 Å². The number of rotatable bonds is 7. The van der Waals surface area contributed by atoms with Gasteiger partial charge >= 0.3 is 5.97 Å². The molecule has 0 aliphatic carbocycles. The first-order valence-electron chi connectivity index (χ1n) is 10.2. The van der Waals surface area contributed by atoms with E-state index in [-0.39, 0.29) is 29.3 Å². The number of esters is 1. The zero-order valence-corrected chi connectivity index (χ0v) is 18.9. The number of amides is 1. The molecule has 2 heterocycles. The average molecular weight is 499 g/mol. The van der Waals surface area contributed by atoms with Gasteiger partial charge in [-0.25, -0.2) is 4.79 Å². The number of non-ortho nitro benzene ring substituents is 2. The van der Waals surface area contributed by atoms with Gasteiger partial charge in [-0.3, -0.25) is 25.0 Å². The summed E-state index contributed by atoms with van der Waals surface area (Å²) in [5.74, 6) is -0.551. The molecule has 1 aliphatic heterocycles. The molecule has 1 atom stereocenters. The van der Waals surface area contributed by atoms with Crippen LogP contribution in [0.4, 0.5) is 16.4 Å². The van der Waals surface area contributed by atoms with Gasteiger partial charge in [-0.05, 0) is 19.1 Å². The number of nitro benzene ring substituents is 2. The highest BCUT2D eigenvalue weighted by molar-refractivity contribution is 7.15. The minimum absolute atomic E-state index is 0.0399. The predicted molar refractivity (Wildman–Crippen MR) is 123 cm³/mol. The molecule has 0 radical (unpaired) electrons. The molecule has 3 aromatic rings. The minimum Gasteiger partial charge on any atom is -0.485 e. The number of thiophene rings is 1. The normalized spacial score (nSPS) is 14.1. The fraction of sp³-hybridized carbons (Fsp3) is 0.182. The number of carbonyl (C=O) groups is 2. The van der Waals surface area contributed by atoms with Gasteiger partial charge in [0, 0.05) is 23.1 Å². The van der Waals surface area contributed by atoms with Crippen molar-refractivity contribution in [3.05, 3.63) is 84.8 Å². The predicted octanol–water partition coefficient (Wildman–Crippen LogP) is 4.51. The van der Waals surface area contributed by atoms with E-state index in [9.17, 15) is 29.8 Å². The van der Waals surface area contributed by atoms with E-state index < -0.39 is 39.2 Å². The van der Waals surface area contributed by atoms with Crippen molar-refractivity contribution >= 4 is 39.6 Å². The Labute approximate surface area is 201 Å². The van der Waals surface area contributed by atoms with Gasteiger partial charge < -0.3 is 19.5 Å². The van der Waals surface area contributed by atoms with Crippen molar-refractivity contribution in [3.8, 4) is 11.5 Å². The van der Waals surface area contributed by atoms with Crippen LogP contribution in [0.25, 0.3) is 0 Å². The molecule has 0 saturated carbocycles. The number of carbonyl (C=O) groups excluding carboxylic acids is 2. The molecular formula is C22H17N3O9S. The Morgan fingerprint density at radius 1 is 1.11 bits per heavy atom. The molecule has 1 aliphatic rings. The summed E-state index contributed by atoms with van der Waals surface area (Å²) in [6.45, 7) is 1.80. The molecule has 1 amide bonds. The lowest BCUT2D eigenvalue weighted by atomic mass is 10.1. The van der Waals surface area contributed by atoms with Crippen molar-refractivity contribution in [1.82, 2.24) is 0 Å². The molecule has 180 valence electrons. The Morgan fingerprint density at radius 3 is 2.40 bits per heavy atom. The van der Waals surface area contributed by atoms with Gasteiger partial charge in [0.15, 0.2) is 17.6 Å². The Kier molecular flexibility index (Phi) is 6.59. The minimum atomic E-state index is -0.873. The largest absolute Gasteiger partial charge is 0.485 e. The summed E-state index contributed by atoms with van der Waals surface area (Å²) in [7, 11) is 0. The topological polar surface area (TPSA) is 160 Å². The van der Waals surface area contributed by atoms with Crippen LogP contribution in [0, 0.1) is 20.2 Å². The van der Waals surface area contributed by atoms with Gasteiger partial charge in [-0.15, -0.1) is 11.3 Å². The van der Waals surface area contributed by atoms with Crippen LogP contribution in [0.1, 0.15) is 39.3 Å². The molecule has 0 spiro atoms. The van der Waals surface area contributed by atoms with Gasteiger partial charge in [-0.2, -0.15) is 0 Å². The van der Waals surface area contributed by atoms with E-state index in [1.165, 1.54) is 0 Å². The summed E-state index contributed by atoms with van der Waals surface area (Å²) < 4.78 is 16.9. The van der Waals surface area contributed by atoms with E-state index in [1.54, 1.807) is 36.6 Å². The first kappa shape index (κ1) is 23.6. The molecular weight excluding hydrogens is 482 g/mol. The second-order valence-corrected chi connectivity index (χ2v) is 8.07. The maximum atomic E-state index is 12.9. The SMILES string of the molecule is CCOC(=O)c1c(C2COc3ccccc3O2)csc1NC(=O)c1cc([N+](=O)[O-])cc([N+](=O)[O-])c1. The van der Waals surface area contributed by atoms with E-state index in [2.05, 4.69) is 5.32 Å². The highest BCUT2D eigenvalue weighted by Gasteiger charge is 2.31. The van der Waals surface area contributed by atoms with Crippen molar-refractivity contribution in [2.75, 3.05) is 18.5 Å². The molecule has 35 heavy (non-hydrogen) atoms. The number of nitrogens with one attached hydrogen (secondary N) is 1. The second kappa shape index (κ2) is 9.77. The Hall–Kier alpha value is -4.52. The molecule has 1 aromatic heterocycles. The van der Waals surface area contributed by atoms with Gasteiger partial charge in [0.2, 0.25) is 0 Å². The molecule has 0 saturated heterocycles. The Bertz CT molecular complexity index is 1310. The van der Waals surface area contributed by atoms with Crippen molar-refractivity contribution in [2.45, 2.75) is 13.0 Å². The standard InChI is InChI=1S/C22H17N3O9S/c1-2-32-22(27)19-15(18-10-33-16-5-3-4-6-17(16)34-18)11-35-21(19)23-20(26)12-7-13(24(28)29)9-14(8-12)25(30)31/h3-9,11,18H,2,10H2,1H3,(H,23,26). The van der Waals surface area contributed by atoms with Crippen LogP contribution in [0.3, 0.4) is 0 Å². The van der Waals surface area contributed by atoms with Gasteiger partial charge in [-0.1, -0.05) is 12.1 Å². The molecule has 2 aromatic carbocycles. The lowest BCUT2D eigenvalue weighted by Gasteiger charge is -2.26. The summed E-state index contributed by atoms with van der Waals surface area (Å²) in [4.78, 5) is 46.3. The van der Waals surface area contributed by atoms with Crippen molar-refractivity contribution in [1.29, 1.82) is 0 Å². The van der Waals surface area contributed by atoms with Crippen LogP contribution in [0.5, 0.6) is 11.5 Å². The highest BCUT2D eigenvalue weighted by atomic mass is 32.1. The molecule has 13 heteroatoms. The molecule has 1 unspecified atom stereocenters. The van der Waals surface area contributed by atoms with Crippen LogP contribution in [-0.4, -0.2) is 34.9 Å². The number of hydrogen-bond donors (Lipinski definition) is 1. The number of ether oxygens (including phenoxy) is 3. The zero-order valence-electron chi connectivity index (χ0n) is 18.1. The lowest BCUT2D eigenvalue weighted by Crippen LogP contribution is -2.24. The molecule has 12 nitrogen and oxygen atoms in total. The van der Waals surface area contributed by atoms with Crippen LogP contribution < -0.4 is 14.8 Å². The van der Waals surface area contributed by atoms with E-state index in [4.69, 9.17) is 14.2 Å². The first-order chi connectivity index (χ1) is 16.8. The monoisotopic (exact) mass is 499 g/mol. The van der Waals surface area contributed by atoms with Crippen molar-refractivity contribution < 1.29 is 33.6 Å². The summed E-state index contributed by atoms with van der Waals surface area (Å²) in [6.07, 6.45) is -0.676. The number of fused-ring (bicyclic) bond motifs is 1. The second-order valence-electron chi connectivity index (χ2n) is 7.19. The molecule has 0 fully saturated rings. The summed E-state index contributed by atoms with van der Waals surface area (Å²) >= 11 is 1.01. The van der Waals surface area contributed by atoms with Gasteiger partial charge in [0.1, 0.15) is 17.2 Å². The van der Waals surface area contributed by atoms with Gasteiger partial charge in [0.25, 0.3) is 17.3 Å². The summed E-state index contributed by atoms with van der Waals surface area (Å²) in [6, 6.07) is 9.61. The number of nitro groups is 2. The molecule has 4 rings (SSSR count). The molecule has 1 N–H and O–H groups in total. The average Bonchev–Trinajstić information content (AvgIpc) is 3.27. The number of anilines is 1. The summed E-state index contributed by atoms with van der Waals surface area (Å²) in [5, 5.41) is 26.5. The third-order valence-electron chi connectivity index (χ3n) is 4.97. The highest BCUT2D eigenvalue weighted by Crippen LogP contribution is 2.40. The smallest absolute Gasteiger partial charge is 0.341 e. The van der Waals surface area contributed by atoms with Crippen molar-refractivity contribution in [3.63, 3.8) is 0 Å². The van der Waals surface area contributed by atoms with E-state index in [0.717, 1.165) is 29.5 Å². The van der Waals surface area contributed by atoms with E-state index >= 15 is 0 Å². The summed E-state index contributed by atoms with van der Waals surface area (Å²) in [5.41, 5.74) is -1.09. The number of para-hydroxylation sites is 2. The maximum absolute atomic E-state index is 12.9. The number of nitrogens with zero attached hydrogens (tertiary/aromatic N) is 2. The maximum Gasteiger partial charge on any atom is 0.341 e. The Morgan fingerprint density at radius 2 is 1.77 bits per heavy atom. The fourth-order valence-corrected chi connectivity index (χ4v) is 4.38. The van der Waals surface area contributed by atoms with E-state index in [0.29, 0.717) is 17.1 Å². The van der Waals surface area contributed by atoms with Crippen LogP contribution in [0.15, 0.2) is 47.8 Å². The number of benzene rings is 2. The van der Waals surface area contributed by atoms with Crippen LogP contribution in [-0.2, 0) is 4.74 Å². The third kappa shape index (κ3) is 4.89. The quantitative estimate of drug-likeness (QED) is 0.280. The Balaban J connectivity index is 1.67. The fourth-order valence-electron chi connectivity index (χ4n) is 3.40. The van der Waals surface area contributed by atoms with E-state index in [1.807, 2.05) is 0 Å². The molecule has 0 bridgehead atoms.